The Morgan fingerprint density at radius 1 is 1.05 bits per heavy atom. The van der Waals surface area contributed by atoms with Gasteiger partial charge in [-0.15, -0.1) is 0 Å². The molecule has 0 heterocycles. The maximum atomic E-state index is 13.8. The van der Waals surface area contributed by atoms with Crippen LogP contribution in [0, 0.1) is 5.82 Å². The quantitative estimate of drug-likeness (QED) is 0.845. The number of nitrogens with zero attached hydrogens (tertiary/aromatic N) is 1. The molecule has 2 nitrogen and oxygen atoms in total. The van der Waals surface area contributed by atoms with Crippen LogP contribution in [0.4, 0.5) is 4.39 Å². The van der Waals surface area contributed by atoms with Crippen molar-refractivity contribution < 1.29 is 9.50 Å². The largest absolute Gasteiger partial charge is 0.395 e. The van der Waals surface area contributed by atoms with E-state index in [2.05, 4.69) is 24.0 Å². The van der Waals surface area contributed by atoms with Gasteiger partial charge in [0.25, 0.3) is 0 Å². The summed E-state index contributed by atoms with van der Waals surface area (Å²) in [7, 11) is 0. The number of hydrogen-bond donors (Lipinski definition) is 1. The summed E-state index contributed by atoms with van der Waals surface area (Å²) < 4.78 is 13.8. The van der Waals surface area contributed by atoms with Crippen molar-refractivity contribution in [2.24, 2.45) is 0 Å². The van der Waals surface area contributed by atoms with Gasteiger partial charge in [0.2, 0.25) is 0 Å². The smallest absolute Gasteiger partial charge is 0.126 e. The summed E-state index contributed by atoms with van der Waals surface area (Å²) in [5.74, 6) is -0.159. The van der Waals surface area contributed by atoms with E-state index in [1.165, 1.54) is 11.6 Å². The van der Waals surface area contributed by atoms with Crippen LogP contribution in [0.5, 0.6) is 0 Å². The molecule has 21 heavy (non-hydrogen) atoms. The second-order valence-corrected chi connectivity index (χ2v) is 5.32. The molecule has 0 saturated heterocycles. The lowest BCUT2D eigenvalue weighted by atomic mass is 10.0. The third-order valence-corrected chi connectivity index (χ3v) is 3.71. The van der Waals surface area contributed by atoms with Gasteiger partial charge in [0, 0.05) is 19.1 Å². The Morgan fingerprint density at radius 2 is 1.71 bits per heavy atom. The fourth-order valence-corrected chi connectivity index (χ4v) is 2.51. The van der Waals surface area contributed by atoms with Crippen LogP contribution in [-0.2, 0) is 13.0 Å². The summed E-state index contributed by atoms with van der Waals surface area (Å²) in [5, 5.41) is 9.27. The van der Waals surface area contributed by atoms with Gasteiger partial charge in [-0.25, -0.2) is 4.39 Å². The topological polar surface area (TPSA) is 23.5 Å². The van der Waals surface area contributed by atoms with E-state index in [1.54, 1.807) is 6.07 Å². The number of hydrogen-bond acceptors (Lipinski definition) is 2. The average Bonchev–Trinajstić information content (AvgIpc) is 2.50. The zero-order chi connectivity index (χ0) is 15.1. The molecule has 0 fully saturated rings. The van der Waals surface area contributed by atoms with Crippen molar-refractivity contribution in [2.75, 3.05) is 13.2 Å². The molecule has 0 spiro atoms. The minimum atomic E-state index is -0.159. The maximum absolute atomic E-state index is 13.8. The Kier molecular flexibility index (Phi) is 5.90. The van der Waals surface area contributed by atoms with E-state index < -0.39 is 0 Å². The second-order valence-electron chi connectivity index (χ2n) is 5.32. The number of aliphatic hydroxyl groups is 1. The summed E-state index contributed by atoms with van der Waals surface area (Å²) in [6, 6.07) is 17.2. The molecule has 0 aliphatic heterocycles. The van der Waals surface area contributed by atoms with Crippen LogP contribution < -0.4 is 0 Å². The normalized spacial score (nSPS) is 12.6. The van der Waals surface area contributed by atoms with Gasteiger partial charge in [-0.1, -0.05) is 48.5 Å². The first-order chi connectivity index (χ1) is 10.2. The maximum Gasteiger partial charge on any atom is 0.126 e. The minimum Gasteiger partial charge on any atom is -0.395 e. The van der Waals surface area contributed by atoms with Gasteiger partial charge in [0.15, 0.2) is 0 Å². The van der Waals surface area contributed by atoms with Gasteiger partial charge >= 0.3 is 0 Å². The lowest BCUT2D eigenvalue weighted by Gasteiger charge is -2.28. The minimum absolute atomic E-state index is 0.106. The SMILES string of the molecule is C[C@@H](Cc1ccccc1F)N(CCO)Cc1ccccc1. The predicted octanol–water partition coefficient (Wildman–Crippen LogP) is 3.25. The molecule has 1 N–H and O–H groups in total. The van der Waals surface area contributed by atoms with Gasteiger partial charge in [0.05, 0.1) is 6.61 Å². The molecule has 0 saturated carbocycles. The van der Waals surface area contributed by atoms with E-state index in [4.69, 9.17) is 0 Å². The number of rotatable bonds is 7. The summed E-state index contributed by atoms with van der Waals surface area (Å²) in [6.07, 6.45) is 0.638. The first-order valence-corrected chi connectivity index (χ1v) is 7.33. The summed E-state index contributed by atoms with van der Waals surface area (Å²) >= 11 is 0. The van der Waals surface area contributed by atoms with Crippen molar-refractivity contribution in [3.63, 3.8) is 0 Å². The van der Waals surface area contributed by atoms with Crippen LogP contribution in [-0.4, -0.2) is 29.2 Å². The number of benzene rings is 2. The Balaban J connectivity index is 2.05. The standard InChI is InChI=1S/C18H22FNO/c1-15(13-17-9-5-6-10-18(17)19)20(11-12-21)14-16-7-3-2-4-8-16/h2-10,15,21H,11-14H2,1H3/t15-/m0/s1. The average molecular weight is 287 g/mol. The molecule has 0 unspecified atom stereocenters. The zero-order valence-corrected chi connectivity index (χ0v) is 12.4. The van der Waals surface area contributed by atoms with Gasteiger partial charge in [0.1, 0.15) is 5.82 Å². The molecule has 0 aliphatic rings. The van der Waals surface area contributed by atoms with Crippen LogP contribution in [0.1, 0.15) is 18.1 Å². The molecule has 2 rings (SSSR count). The highest BCUT2D eigenvalue weighted by Crippen LogP contribution is 2.15. The third-order valence-electron chi connectivity index (χ3n) is 3.71. The molecule has 0 aliphatic carbocycles. The molecule has 2 aromatic rings. The summed E-state index contributed by atoms with van der Waals surface area (Å²) in [6.45, 7) is 3.53. The Hall–Kier alpha value is -1.71. The van der Waals surface area contributed by atoms with Crippen molar-refractivity contribution in [1.82, 2.24) is 4.90 Å². The van der Waals surface area contributed by atoms with Crippen LogP contribution in [0.3, 0.4) is 0 Å². The van der Waals surface area contributed by atoms with Crippen LogP contribution in [0.25, 0.3) is 0 Å². The van der Waals surface area contributed by atoms with E-state index in [-0.39, 0.29) is 18.5 Å². The van der Waals surface area contributed by atoms with Gasteiger partial charge in [-0.3, -0.25) is 4.90 Å². The molecule has 0 radical (unpaired) electrons. The van der Waals surface area contributed by atoms with Crippen molar-refractivity contribution in [1.29, 1.82) is 0 Å². The van der Waals surface area contributed by atoms with Crippen molar-refractivity contribution >= 4 is 0 Å². The molecule has 2 aromatic carbocycles. The monoisotopic (exact) mass is 287 g/mol. The van der Waals surface area contributed by atoms with E-state index in [0.717, 1.165) is 12.1 Å². The fourth-order valence-electron chi connectivity index (χ4n) is 2.51. The van der Waals surface area contributed by atoms with Gasteiger partial charge in [-0.05, 0) is 30.5 Å². The van der Waals surface area contributed by atoms with Crippen molar-refractivity contribution in [3.8, 4) is 0 Å². The lowest BCUT2D eigenvalue weighted by Crippen LogP contribution is -2.36. The van der Waals surface area contributed by atoms with E-state index in [1.807, 2.05) is 30.3 Å². The van der Waals surface area contributed by atoms with Crippen molar-refractivity contribution in [3.05, 3.63) is 71.5 Å². The van der Waals surface area contributed by atoms with Gasteiger partial charge in [-0.2, -0.15) is 0 Å². The van der Waals surface area contributed by atoms with Gasteiger partial charge < -0.3 is 5.11 Å². The number of halogens is 1. The molecule has 0 bridgehead atoms. The first-order valence-electron chi connectivity index (χ1n) is 7.33. The Bertz CT molecular complexity index is 544. The van der Waals surface area contributed by atoms with Crippen LogP contribution in [0.2, 0.25) is 0 Å². The molecule has 0 amide bonds. The highest BCUT2D eigenvalue weighted by Gasteiger charge is 2.15. The fraction of sp³-hybridized carbons (Fsp3) is 0.333. The molecular weight excluding hydrogens is 265 g/mol. The van der Waals surface area contributed by atoms with E-state index >= 15 is 0 Å². The Labute approximate surface area is 125 Å². The summed E-state index contributed by atoms with van der Waals surface area (Å²) in [5.41, 5.74) is 1.92. The third kappa shape index (κ3) is 4.66. The van der Waals surface area contributed by atoms with E-state index in [9.17, 15) is 9.50 Å². The zero-order valence-electron chi connectivity index (χ0n) is 12.4. The van der Waals surface area contributed by atoms with Crippen LogP contribution in [0.15, 0.2) is 54.6 Å². The van der Waals surface area contributed by atoms with Crippen LogP contribution >= 0.6 is 0 Å². The molecular formula is C18H22FNO. The predicted molar refractivity (Wildman–Crippen MR) is 83.5 cm³/mol. The lowest BCUT2D eigenvalue weighted by molar-refractivity contribution is 0.150. The summed E-state index contributed by atoms with van der Waals surface area (Å²) in [4.78, 5) is 2.18. The van der Waals surface area contributed by atoms with E-state index in [0.29, 0.717) is 13.0 Å². The Morgan fingerprint density at radius 3 is 2.38 bits per heavy atom. The second kappa shape index (κ2) is 7.91. The molecule has 1 atom stereocenters. The highest BCUT2D eigenvalue weighted by atomic mass is 19.1. The molecule has 3 heteroatoms. The van der Waals surface area contributed by atoms with Crippen molar-refractivity contribution in [2.45, 2.75) is 25.9 Å². The first kappa shape index (κ1) is 15.7. The number of aliphatic hydroxyl groups excluding tert-OH is 1. The highest BCUT2D eigenvalue weighted by molar-refractivity contribution is 5.19. The molecule has 112 valence electrons. The molecule has 0 aromatic heterocycles.